The number of halogens is 3. The fourth-order valence-electron chi connectivity index (χ4n) is 2.20. The number of carbonyl (C=O) groups excluding carboxylic acids is 2. The van der Waals surface area contributed by atoms with Gasteiger partial charge in [-0.3, -0.25) is 0 Å². The molecule has 0 spiro atoms. The fraction of sp³-hybridized carbons (Fsp3) is 0.278. The molecule has 1 atom stereocenters. The Labute approximate surface area is 153 Å². The van der Waals surface area contributed by atoms with E-state index in [0.717, 1.165) is 18.7 Å². The summed E-state index contributed by atoms with van der Waals surface area (Å²) in [5, 5.41) is 2.29. The Bertz CT molecular complexity index is 782. The second-order valence-electron chi connectivity index (χ2n) is 5.50. The van der Waals surface area contributed by atoms with Crippen LogP contribution in [0.2, 0.25) is 0 Å². The Morgan fingerprint density at radius 3 is 2.44 bits per heavy atom. The first-order valence-corrected chi connectivity index (χ1v) is 7.87. The molecule has 9 heteroatoms. The van der Waals surface area contributed by atoms with Crippen LogP contribution >= 0.6 is 0 Å². The number of hydrogen-bond acceptors (Lipinski definition) is 5. The van der Waals surface area contributed by atoms with E-state index in [1.807, 2.05) is 0 Å². The van der Waals surface area contributed by atoms with E-state index in [-0.39, 0.29) is 18.7 Å². The smallest absolute Gasteiger partial charge is 0.433 e. The van der Waals surface area contributed by atoms with Gasteiger partial charge in [0.05, 0.1) is 7.11 Å². The molecule has 2 aromatic rings. The van der Waals surface area contributed by atoms with Gasteiger partial charge in [-0.15, -0.1) is 0 Å². The first kappa shape index (κ1) is 20.2. The molecular weight excluding hydrogens is 365 g/mol. The summed E-state index contributed by atoms with van der Waals surface area (Å²) in [6.07, 6.45) is -5.79. The van der Waals surface area contributed by atoms with E-state index in [1.165, 1.54) is 12.1 Å². The molecule has 0 unspecified atom stereocenters. The van der Waals surface area contributed by atoms with Crippen LogP contribution in [-0.2, 0) is 33.5 Å². The van der Waals surface area contributed by atoms with Gasteiger partial charge in [0.2, 0.25) is 0 Å². The van der Waals surface area contributed by atoms with Crippen LogP contribution in [0.1, 0.15) is 17.0 Å². The van der Waals surface area contributed by atoms with Crippen molar-refractivity contribution >= 4 is 12.1 Å². The van der Waals surface area contributed by atoms with Gasteiger partial charge in [0.25, 0.3) is 0 Å². The minimum Gasteiger partial charge on any atom is -0.467 e. The number of nitrogens with one attached hydrogen (secondary N) is 1. The number of esters is 1. The molecule has 1 N–H and O–H groups in total. The van der Waals surface area contributed by atoms with Crippen molar-refractivity contribution in [2.75, 3.05) is 7.11 Å². The Morgan fingerprint density at radius 1 is 1.11 bits per heavy atom. The van der Waals surface area contributed by atoms with Gasteiger partial charge in [-0.2, -0.15) is 13.2 Å². The largest absolute Gasteiger partial charge is 0.467 e. The second-order valence-corrected chi connectivity index (χ2v) is 5.50. The molecule has 0 radical (unpaired) electrons. The first-order valence-electron chi connectivity index (χ1n) is 7.87. The monoisotopic (exact) mass is 382 g/mol. The summed E-state index contributed by atoms with van der Waals surface area (Å²) in [5.74, 6) is -0.828. The number of carbonyl (C=O) groups is 2. The van der Waals surface area contributed by atoms with Crippen molar-refractivity contribution in [3.8, 4) is 0 Å². The normalized spacial score (nSPS) is 12.1. The molecule has 2 rings (SSSR count). The van der Waals surface area contributed by atoms with Crippen molar-refractivity contribution in [3.05, 3.63) is 65.5 Å². The molecule has 27 heavy (non-hydrogen) atoms. The van der Waals surface area contributed by atoms with E-state index in [1.54, 1.807) is 30.3 Å². The topological polar surface area (TPSA) is 77.5 Å². The maximum atomic E-state index is 12.8. The lowest BCUT2D eigenvalue weighted by molar-refractivity contribution is -0.143. The third-order valence-electron chi connectivity index (χ3n) is 3.50. The minimum atomic E-state index is -4.61. The summed E-state index contributed by atoms with van der Waals surface area (Å²) in [6, 6.07) is 10.9. The van der Waals surface area contributed by atoms with E-state index in [0.29, 0.717) is 0 Å². The summed E-state index contributed by atoms with van der Waals surface area (Å²) in [5.41, 5.74) is -0.374. The van der Waals surface area contributed by atoms with Crippen molar-refractivity contribution in [2.24, 2.45) is 0 Å². The number of rotatable bonds is 6. The third-order valence-corrected chi connectivity index (χ3v) is 3.50. The highest BCUT2D eigenvalue weighted by Crippen LogP contribution is 2.27. The van der Waals surface area contributed by atoms with Crippen molar-refractivity contribution in [3.63, 3.8) is 0 Å². The Kier molecular flexibility index (Phi) is 6.75. The predicted molar refractivity (Wildman–Crippen MR) is 88.5 cm³/mol. The average molecular weight is 382 g/mol. The van der Waals surface area contributed by atoms with Gasteiger partial charge in [0.1, 0.15) is 18.3 Å². The van der Waals surface area contributed by atoms with E-state index < -0.39 is 30.0 Å². The van der Waals surface area contributed by atoms with Crippen molar-refractivity contribution < 1.29 is 32.2 Å². The average Bonchev–Trinajstić information content (AvgIpc) is 2.65. The quantitative estimate of drug-likeness (QED) is 0.777. The van der Waals surface area contributed by atoms with Gasteiger partial charge in [-0.25, -0.2) is 14.6 Å². The summed E-state index contributed by atoms with van der Waals surface area (Å²) < 4.78 is 47.9. The molecule has 1 heterocycles. The zero-order chi connectivity index (χ0) is 19.9. The van der Waals surface area contributed by atoms with Crippen LogP contribution in [-0.4, -0.2) is 30.2 Å². The lowest BCUT2D eigenvalue weighted by Crippen LogP contribution is -2.43. The van der Waals surface area contributed by atoms with Gasteiger partial charge >= 0.3 is 18.2 Å². The van der Waals surface area contributed by atoms with Gasteiger partial charge in [-0.05, 0) is 17.7 Å². The van der Waals surface area contributed by atoms with Gasteiger partial charge in [0.15, 0.2) is 0 Å². The van der Waals surface area contributed by atoms with Crippen LogP contribution in [0.4, 0.5) is 18.0 Å². The number of methoxy groups -OCH3 is 1. The molecule has 0 aliphatic heterocycles. The van der Waals surface area contributed by atoms with E-state index in [2.05, 4.69) is 15.0 Å². The number of alkyl halides is 3. The molecule has 1 aromatic carbocycles. The molecule has 0 saturated heterocycles. The molecular formula is C18H17F3N2O4. The van der Waals surface area contributed by atoms with Crippen molar-refractivity contribution in [1.29, 1.82) is 0 Å². The van der Waals surface area contributed by atoms with Crippen LogP contribution in [0.5, 0.6) is 0 Å². The molecule has 6 nitrogen and oxygen atoms in total. The highest BCUT2D eigenvalue weighted by Gasteiger charge is 2.33. The third kappa shape index (κ3) is 6.28. The number of benzene rings is 1. The molecule has 0 aliphatic carbocycles. The van der Waals surface area contributed by atoms with Gasteiger partial charge < -0.3 is 14.8 Å². The maximum absolute atomic E-state index is 12.8. The lowest BCUT2D eigenvalue weighted by Gasteiger charge is -2.17. The van der Waals surface area contributed by atoms with Crippen LogP contribution < -0.4 is 5.32 Å². The first-order chi connectivity index (χ1) is 12.8. The Hall–Kier alpha value is -3.10. The second kappa shape index (κ2) is 9.02. The summed E-state index contributed by atoms with van der Waals surface area (Å²) in [6.45, 7) is -0.0254. The molecule has 0 saturated carbocycles. The maximum Gasteiger partial charge on any atom is 0.433 e. The predicted octanol–water partition coefficient (Wildman–Crippen LogP) is 3.11. The van der Waals surface area contributed by atoms with Crippen molar-refractivity contribution in [1.82, 2.24) is 10.3 Å². The SMILES string of the molecule is COC(=O)[C@H](Cc1cccc(C(F)(F)F)n1)NC(=O)OCc1ccccc1. The van der Waals surface area contributed by atoms with Crippen LogP contribution in [0, 0.1) is 0 Å². The Morgan fingerprint density at radius 2 is 1.81 bits per heavy atom. The summed E-state index contributed by atoms with van der Waals surface area (Å²) in [7, 11) is 1.10. The number of alkyl carbamates (subject to hydrolysis) is 1. The van der Waals surface area contributed by atoms with E-state index >= 15 is 0 Å². The zero-order valence-electron chi connectivity index (χ0n) is 14.3. The van der Waals surface area contributed by atoms with Crippen LogP contribution in [0.3, 0.4) is 0 Å². The summed E-state index contributed by atoms with van der Waals surface area (Å²) in [4.78, 5) is 27.3. The number of ether oxygens (including phenoxy) is 2. The highest BCUT2D eigenvalue weighted by atomic mass is 19.4. The number of nitrogens with zero attached hydrogens (tertiary/aromatic N) is 1. The van der Waals surface area contributed by atoms with E-state index in [4.69, 9.17) is 4.74 Å². The number of amides is 1. The zero-order valence-corrected chi connectivity index (χ0v) is 14.3. The number of hydrogen-bond donors (Lipinski definition) is 1. The van der Waals surface area contributed by atoms with Gasteiger partial charge in [-0.1, -0.05) is 36.4 Å². The van der Waals surface area contributed by atoms with Crippen LogP contribution in [0.25, 0.3) is 0 Å². The van der Waals surface area contributed by atoms with Crippen molar-refractivity contribution in [2.45, 2.75) is 25.2 Å². The summed E-state index contributed by atoms with van der Waals surface area (Å²) >= 11 is 0. The molecule has 1 aromatic heterocycles. The van der Waals surface area contributed by atoms with Gasteiger partial charge in [0, 0.05) is 12.1 Å². The molecule has 1 amide bonds. The molecule has 0 bridgehead atoms. The molecule has 0 aliphatic rings. The highest BCUT2D eigenvalue weighted by molar-refractivity contribution is 5.81. The standard InChI is InChI=1S/C18H17F3N2O4/c1-26-16(24)14(10-13-8-5-9-15(22-13)18(19,20)21)23-17(25)27-11-12-6-3-2-4-7-12/h2-9,14H,10-11H2,1H3,(H,23,25)/t14-/m0/s1. The molecule has 0 fully saturated rings. The molecule has 144 valence electrons. The minimum absolute atomic E-state index is 0.0245. The lowest BCUT2D eigenvalue weighted by atomic mass is 10.1. The van der Waals surface area contributed by atoms with Crippen LogP contribution in [0.15, 0.2) is 48.5 Å². The fourth-order valence-corrected chi connectivity index (χ4v) is 2.20. The number of pyridine rings is 1. The van der Waals surface area contributed by atoms with E-state index in [9.17, 15) is 22.8 Å². The number of aromatic nitrogens is 1. The Balaban J connectivity index is 2.03.